The van der Waals surface area contributed by atoms with Gasteiger partial charge in [0.2, 0.25) is 0 Å². The smallest absolute Gasteiger partial charge is 0.260 e. The van der Waals surface area contributed by atoms with E-state index in [1.807, 2.05) is 24.3 Å². The molecule has 106 valence electrons. The lowest BCUT2D eigenvalue weighted by Crippen LogP contribution is -2.37. The first kappa shape index (κ1) is 15.5. The molecule has 1 unspecified atom stereocenters. The molecule has 0 heterocycles. The highest BCUT2D eigenvalue weighted by atomic mass is 16.5. The maximum absolute atomic E-state index is 11.8. The molecule has 0 spiro atoms. The number of carbonyl (C=O) groups is 1. The van der Waals surface area contributed by atoms with Crippen LogP contribution in [0.4, 0.5) is 0 Å². The average Bonchev–Trinajstić information content (AvgIpc) is 2.44. The van der Waals surface area contributed by atoms with Crippen molar-refractivity contribution >= 4 is 5.91 Å². The van der Waals surface area contributed by atoms with Crippen LogP contribution in [0, 0.1) is 0 Å². The average molecular weight is 264 g/mol. The molecule has 0 aliphatic heterocycles. The van der Waals surface area contributed by atoms with E-state index in [-0.39, 0.29) is 5.91 Å². The molecule has 1 aromatic rings. The van der Waals surface area contributed by atoms with Crippen LogP contribution in [0.5, 0.6) is 5.75 Å². The quantitative estimate of drug-likeness (QED) is 0.708. The van der Waals surface area contributed by atoms with Gasteiger partial charge in [-0.3, -0.25) is 4.79 Å². The first-order valence-corrected chi connectivity index (χ1v) is 6.91. The van der Waals surface area contributed by atoms with Crippen LogP contribution >= 0.6 is 0 Å². The van der Waals surface area contributed by atoms with Gasteiger partial charge in [0.05, 0.1) is 0 Å². The number of rotatable bonds is 8. The van der Waals surface area contributed by atoms with E-state index in [2.05, 4.69) is 12.2 Å². The van der Waals surface area contributed by atoms with Crippen molar-refractivity contribution in [1.29, 1.82) is 0 Å². The lowest BCUT2D eigenvalue weighted by molar-refractivity contribution is -0.127. The number of carbonyl (C=O) groups excluding carboxylic acids is 1. The fourth-order valence-corrected chi connectivity index (χ4v) is 1.76. The van der Waals surface area contributed by atoms with E-state index in [0.29, 0.717) is 18.8 Å². The minimum absolute atomic E-state index is 0.0806. The van der Waals surface area contributed by atoms with Crippen molar-refractivity contribution in [2.24, 2.45) is 5.73 Å². The van der Waals surface area contributed by atoms with Crippen molar-refractivity contribution < 1.29 is 9.53 Å². The predicted molar refractivity (Wildman–Crippen MR) is 77.0 cm³/mol. The van der Waals surface area contributed by atoms with Gasteiger partial charge in [-0.25, -0.2) is 0 Å². The van der Waals surface area contributed by atoms with E-state index in [0.717, 1.165) is 24.8 Å². The molecule has 1 amide bonds. The Morgan fingerprint density at radius 1 is 1.37 bits per heavy atom. The van der Waals surface area contributed by atoms with Gasteiger partial charge in [0.25, 0.3) is 5.91 Å². The molecule has 4 heteroatoms. The Hall–Kier alpha value is -1.55. The summed E-state index contributed by atoms with van der Waals surface area (Å²) in [5.74, 6) is 0.601. The van der Waals surface area contributed by atoms with Crippen LogP contribution < -0.4 is 15.8 Å². The van der Waals surface area contributed by atoms with Crippen molar-refractivity contribution in [2.75, 3.05) is 6.54 Å². The zero-order chi connectivity index (χ0) is 14.1. The molecular formula is C15H24N2O2. The summed E-state index contributed by atoms with van der Waals surface area (Å²) in [6.45, 7) is 5.00. The van der Waals surface area contributed by atoms with Crippen molar-refractivity contribution in [1.82, 2.24) is 5.32 Å². The molecule has 0 radical (unpaired) electrons. The van der Waals surface area contributed by atoms with E-state index in [4.69, 9.17) is 10.5 Å². The lowest BCUT2D eigenvalue weighted by atomic mass is 10.2. The molecule has 3 N–H and O–H groups in total. The molecule has 0 fully saturated rings. The molecule has 19 heavy (non-hydrogen) atoms. The molecule has 1 rings (SSSR count). The second-order valence-corrected chi connectivity index (χ2v) is 4.57. The molecule has 4 nitrogen and oxygen atoms in total. The number of para-hydroxylation sites is 1. The number of hydrogen-bond donors (Lipinski definition) is 2. The molecular weight excluding hydrogens is 240 g/mol. The van der Waals surface area contributed by atoms with Crippen LogP contribution in [0.25, 0.3) is 0 Å². The predicted octanol–water partition coefficient (Wildman–Crippen LogP) is 2.22. The lowest BCUT2D eigenvalue weighted by Gasteiger charge is -2.16. The van der Waals surface area contributed by atoms with Gasteiger partial charge in [-0.1, -0.05) is 38.0 Å². The molecule has 0 saturated carbocycles. The standard InChI is InChI=1S/C15H24N2O2/c1-3-4-7-10-17-15(18)12(2)19-14-9-6-5-8-13(14)11-16/h5-6,8-9,12H,3-4,7,10-11,16H2,1-2H3,(H,17,18). The van der Waals surface area contributed by atoms with Gasteiger partial charge in [-0.2, -0.15) is 0 Å². The highest BCUT2D eigenvalue weighted by Crippen LogP contribution is 2.18. The normalized spacial score (nSPS) is 11.9. The number of nitrogens with one attached hydrogen (secondary N) is 1. The third kappa shape index (κ3) is 5.30. The van der Waals surface area contributed by atoms with Crippen molar-refractivity contribution in [3.05, 3.63) is 29.8 Å². The van der Waals surface area contributed by atoms with Gasteiger partial charge in [0.1, 0.15) is 5.75 Å². The van der Waals surface area contributed by atoms with E-state index in [9.17, 15) is 4.79 Å². The number of unbranched alkanes of at least 4 members (excludes halogenated alkanes) is 2. The highest BCUT2D eigenvalue weighted by Gasteiger charge is 2.15. The van der Waals surface area contributed by atoms with Crippen LogP contribution in [-0.4, -0.2) is 18.6 Å². The highest BCUT2D eigenvalue weighted by molar-refractivity contribution is 5.80. The largest absolute Gasteiger partial charge is 0.481 e. The Kier molecular flexibility index (Phi) is 6.97. The summed E-state index contributed by atoms with van der Waals surface area (Å²) in [6.07, 6.45) is 2.78. The van der Waals surface area contributed by atoms with Crippen LogP contribution in [0.1, 0.15) is 38.7 Å². The van der Waals surface area contributed by atoms with E-state index >= 15 is 0 Å². The Labute approximate surface area is 115 Å². The molecule has 0 aromatic heterocycles. The minimum atomic E-state index is -0.505. The monoisotopic (exact) mass is 264 g/mol. The maximum Gasteiger partial charge on any atom is 0.260 e. The van der Waals surface area contributed by atoms with Crippen LogP contribution in [-0.2, 0) is 11.3 Å². The van der Waals surface area contributed by atoms with Crippen LogP contribution in [0.3, 0.4) is 0 Å². The molecule has 1 aromatic carbocycles. The number of amides is 1. The summed E-state index contributed by atoms with van der Waals surface area (Å²) in [5.41, 5.74) is 6.55. The van der Waals surface area contributed by atoms with Gasteiger partial charge >= 0.3 is 0 Å². The van der Waals surface area contributed by atoms with Crippen molar-refractivity contribution in [3.63, 3.8) is 0 Å². The van der Waals surface area contributed by atoms with Gasteiger partial charge in [-0.05, 0) is 19.4 Å². The summed E-state index contributed by atoms with van der Waals surface area (Å²) >= 11 is 0. The van der Waals surface area contributed by atoms with E-state index < -0.39 is 6.10 Å². The number of ether oxygens (including phenoxy) is 1. The van der Waals surface area contributed by atoms with Gasteiger partial charge in [-0.15, -0.1) is 0 Å². The number of nitrogens with two attached hydrogens (primary N) is 1. The Bertz CT molecular complexity index is 393. The fraction of sp³-hybridized carbons (Fsp3) is 0.533. The second kappa shape index (κ2) is 8.53. The van der Waals surface area contributed by atoms with E-state index in [1.54, 1.807) is 6.92 Å². The topological polar surface area (TPSA) is 64.3 Å². The Balaban J connectivity index is 2.45. The number of hydrogen-bond acceptors (Lipinski definition) is 3. The van der Waals surface area contributed by atoms with Gasteiger partial charge in [0, 0.05) is 18.7 Å². The molecule has 1 atom stereocenters. The van der Waals surface area contributed by atoms with Crippen molar-refractivity contribution in [2.45, 2.75) is 45.8 Å². The summed E-state index contributed by atoms with van der Waals surface area (Å²) in [6, 6.07) is 7.52. The molecule has 0 aliphatic rings. The summed E-state index contributed by atoms with van der Waals surface area (Å²) < 4.78 is 5.66. The van der Waals surface area contributed by atoms with E-state index in [1.165, 1.54) is 0 Å². The zero-order valence-electron chi connectivity index (χ0n) is 11.8. The third-order valence-electron chi connectivity index (χ3n) is 2.95. The van der Waals surface area contributed by atoms with Gasteiger partial charge < -0.3 is 15.8 Å². The van der Waals surface area contributed by atoms with Crippen LogP contribution in [0.15, 0.2) is 24.3 Å². The third-order valence-corrected chi connectivity index (χ3v) is 2.95. The molecule has 0 bridgehead atoms. The van der Waals surface area contributed by atoms with Crippen molar-refractivity contribution in [3.8, 4) is 5.75 Å². The summed E-state index contributed by atoms with van der Waals surface area (Å²) in [7, 11) is 0. The maximum atomic E-state index is 11.8. The Morgan fingerprint density at radius 2 is 2.11 bits per heavy atom. The summed E-state index contributed by atoms with van der Waals surface area (Å²) in [5, 5.41) is 2.88. The second-order valence-electron chi connectivity index (χ2n) is 4.57. The van der Waals surface area contributed by atoms with Gasteiger partial charge in [0.15, 0.2) is 6.10 Å². The summed E-state index contributed by atoms with van der Waals surface area (Å²) in [4.78, 5) is 11.8. The Morgan fingerprint density at radius 3 is 2.79 bits per heavy atom. The SMILES string of the molecule is CCCCCNC(=O)C(C)Oc1ccccc1CN. The first-order chi connectivity index (χ1) is 9.19. The zero-order valence-corrected chi connectivity index (χ0v) is 11.8. The minimum Gasteiger partial charge on any atom is -0.481 e. The first-order valence-electron chi connectivity index (χ1n) is 6.91. The fourth-order valence-electron chi connectivity index (χ4n) is 1.76. The molecule has 0 aliphatic carbocycles. The molecule has 0 saturated heterocycles. The van der Waals surface area contributed by atoms with Crippen LogP contribution in [0.2, 0.25) is 0 Å². The number of benzene rings is 1.